The first-order chi connectivity index (χ1) is 9.10. The highest BCUT2D eigenvalue weighted by molar-refractivity contribution is 5.70. The third kappa shape index (κ3) is 3.49. The summed E-state index contributed by atoms with van der Waals surface area (Å²) in [4.78, 5) is 10.8. The predicted octanol–water partition coefficient (Wildman–Crippen LogP) is 3.62. The second-order valence-electron chi connectivity index (χ2n) is 5.60. The van der Waals surface area contributed by atoms with Gasteiger partial charge in [-0.05, 0) is 41.9 Å². The topological polar surface area (TPSA) is 46.5 Å². The minimum atomic E-state index is -0.784. The van der Waals surface area contributed by atoms with Gasteiger partial charge in [0.05, 0.1) is 13.5 Å². The van der Waals surface area contributed by atoms with E-state index in [1.54, 1.807) is 7.11 Å². The minimum absolute atomic E-state index is 0.0834. The van der Waals surface area contributed by atoms with Crippen LogP contribution in [0.3, 0.4) is 0 Å². The Balaban J connectivity index is 2.23. The Kier molecular flexibility index (Phi) is 4.46. The van der Waals surface area contributed by atoms with Crippen molar-refractivity contribution in [1.82, 2.24) is 0 Å². The van der Waals surface area contributed by atoms with Crippen LogP contribution >= 0.6 is 0 Å². The molecule has 0 amide bonds. The number of hydrogen-bond acceptors (Lipinski definition) is 2. The van der Waals surface area contributed by atoms with Crippen molar-refractivity contribution in [3.05, 3.63) is 29.3 Å². The van der Waals surface area contributed by atoms with Crippen molar-refractivity contribution in [3.63, 3.8) is 0 Å². The molecule has 2 rings (SSSR count). The molecule has 0 aromatic heterocycles. The summed E-state index contributed by atoms with van der Waals surface area (Å²) in [6.45, 7) is 2.30. The SMILES string of the molecule is COc1ccc(CC(=O)O)cc1C1CCC(C)CC1. The molecule has 104 valence electrons. The number of benzene rings is 1. The van der Waals surface area contributed by atoms with E-state index in [0.717, 1.165) is 17.2 Å². The third-order valence-electron chi connectivity index (χ3n) is 4.11. The van der Waals surface area contributed by atoms with Gasteiger partial charge in [0.2, 0.25) is 0 Å². The van der Waals surface area contributed by atoms with Gasteiger partial charge < -0.3 is 9.84 Å². The summed E-state index contributed by atoms with van der Waals surface area (Å²) in [5.74, 6) is 1.44. The lowest BCUT2D eigenvalue weighted by Crippen LogP contribution is -2.12. The van der Waals surface area contributed by atoms with E-state index in [1.807, 2.05) is 18.2 Å². The second-order valence-corrected chi connectivity index (χ2v) is 5.60. The van der Waals surface area contributed by atoms with Gasteiger partial charge in [0, 0.05) is 0 Å². The Morgan fingerprint density at radius 1 is 1.32 bits per heavy atom. The first kappa shape index (κ1) is 13.9. The largest absolute Gasteiger partial charge is 0.496 e. The zero-order chi connectivity index (χ0) is 13.8. The lowest BCUT2D eigenvalue weighted by atomic mass is 9.79. The quantitative estimate of drug-likeness (QED) is 0.901. The highest BCUT2D eigenvalue weighted by Gasteiger charge is 2.22. The first-order valence-electron chi connectivity index (χ1n) is 6.98. The third-order valence-corrected chi connectivity index (χ3v) is 4.11. The molecule has 3 nitrogen and oxygen atoms in total. The van der Waals surface area contributed by atoms with Crippen LogP contribution in [0.1, 0.15) is 49.7 Å². The van der Waals surface area contributed by atoms with Crippen LogP contribution in [0.5, 0.6) is 5.75 Å². The summed E-state index contributed by atoms with van der Waals surface area (Å²) in [6, 6.07) is 5.78. The minimum Gasteiger partial charge on any atom is -0.496 e. The van der Waals surface area contributed by atoms with Crippen molar-refractivity contribution in [2.75, 3.05) is 7.11 Å². The molecule has 0 bridgehead atoms. The molecule has 1 aromatic carbocycles. The van der Waals surface area contributed by atoms with Crippen LogP contribution in [0.25, 0.3) is 0 Å². The first-order valence-corrected chi connectivity index (χ1v) is 6.98. The molecule has 3 heteroatoms. The zero-order valence-corrected chi connectivity index (χ0v) is 11.7. The lowest BCUT2D eigenvalue weighted by Gasteiger charge is -2.27. The van der Waals surface area contributed by atoms with E-state index in [9.17, 15) is 4.79 Å². The number of carboxylic acid groups (broad SMARTS) is 1. The lowest BCUT2D eigenvalue weighted by molar-refractivity contribution is -0.136. The van der Waals surface area contributed by atoms with Gasteiger partial charge in [0.25, 0.3) is 0 Å². The normalized spacial score (nSPS) is 23.1. The Morgan fingerprint density at radius 3 is 2.58 bits per heavy atom. The zero-order valence-electron chi connectivity index (χ0n) is 11.7. The van der Waals surface area contributed by atoms with Gasteiger partial charge in [0.15, 0.2) is 0 Å². The molecule has 0 spiro atoms. The maximum atomic E-state index is 10.8. The monoisotopic (exact) mass is 262 g/mol. The van der Waals surface area contributed by atoms with E-state index in [0.29, 0.717) is 5.92 Å². The van der Waals surface area contributed by atoms with Gasteiger partial charge in [0.1, 0.15) is 5.75 Å². The van der Waals surface area contributed by atoms with Crippen LogP contribution in [-0.4, -0.2) is 18.2 Å². The molecule has 1 aliphatic rings. The van der Waals surface area contributed by atoms with E-state index in [-0.39, 0.29) is 6.42 Å². The fourth-order valence-corrected chi connectivity index (χ4v) is 2.96. The fourth-order valence-electron chi connectivity index (χ4n) is 2.96. The molecule has 0 unspecified atom stereocenters. The van der Waals surface area contributed by atoms with E-state index >= 15 is 0 Å². The average Bonchev–Trinajstić information content (AvgIpc) is 2.39. The van der Waals surface area contributed by atoms with Crippen molar-refractivity contribution in [2.45, 2.75) is 44.9 Å². The van der Waals surface area contributed by atoms with Crippen LogP contribution in [0.15, 0.2) is 18.2 Å². The van der Waals surface area contributed by atoms with E-state index in [2.05, 4.69) is 6.92 Å². The molecule has 1 fully saturated rings. The molecular formula is C16H22O3. The van der Waals surface area contributed by atoms with Crippen LogP contribution in [0, 0.1) is 5.92 Å². The highest BCUT2D eigenvalue weighted by atomic mass is 16.5. The van der Waals surface area contributed by atoms with Gasteiger partial charge in [-0.15, -0.1) is 0 Å². The van der Waals surface area contributed by atoms with E-state index < -0.39 is 5.97 Å². The van der Waals surface area contributed by atoms with Crippen molar-refractivity contribution >= 4 is 5.97 Å². The molecule has 19 heavy (non-hydrogen) atoms. The molecule has 0 aliphatic heterocycles. The second kappa shape index (κ2) is 6.09. The molecule has 0 atom stereocenters. The van der Waals surface area contributed by atoms with Crippen LogP contribution in [-0.2, 0) is 11.2 Å². The summed E-state index contributed by atoms with van der Waals surface area (Å²) in [5.41, 5.74) is 2.05. The van der Waals surface area contributed by atoms with Crippen LogP contribution < -0.4 is 4.74 Å². The van der Waals surface area contributed by atoms with Gasteiger partial charge in [-0.25, -0.2) is 0 Å². The number of ether oxygens (including phenoxy) is 1. The molecule has 1 aliphatic carbocycles. The summed E-state index contributed by atoms with van der Waals surface area (Å²) in [5, 5.41) is 8.90. The summed E-state index contributed by atoms with van der Waals surface area (Å²) >= 11 is 0. The van der Waals surface area contributed by atoms with Crippen LogP contribution in [0.4, 0.5) is 0 Å². The van der Waals surface area contributed by atoms with Crippen LogP contribution in [0.2, 0.25) is 0 Å². The number of methoxy groups -OCH3 is 1. The van der Waals surface area contributed by atoms with E-state index in [1.165, 1.54) is 31.2 Å². The number of carboxylic acids is 1. The maximum absolute atomic E-state index is 10.8. The molecule has 0 radical (unpaired) electrons. The average molecular weight is 262 g/mol. The highest BCUT2D eigenvalue weighted by Crippen LogP contribution is 2.39. The molecule has 1 N–H and O–H groups in total. The van der Waals surface area contributed by atoms with E-state index in [4.69, 9.17) is 9.84 Å². The van der Waals surface area contributed by atoms with Gasteiger partial charge >= 0.3 is 5.97 Å². The Hall–Kier alpha value is -1.51. The Labute approximate surface area is 114 Å². The Bertz CT molecular complexity index is 445. The summed E-state index contributed by atoms with van der Waals surface area (Å²) in [7, 11) is 1.68. The molecule has 1 saturated carbocycles. The number of aliphatic carboxylic acids is 1. The summed E-state index contributed by atoms with van der Waals surface area (Å²) < 4.78 is 5.44. The van der Waals surface area contributed by atoms with Gasteiger partial charge in [-0.2, -0.15) is 0 Å². The van der Waals surface area contributed by atoms with Crippen molar-refractivity contribution < 1.29 is 14.6 Å². The summed E-state index contributed by atoms with van der Waals surface area (Å²) in [6.07, 6.45) is 4.93. The smallest absolute Gasteiger partial charge is 0.307 e. The van der Waals surface area contributed by atoms with Gasteiger partial charge in [-0.3, -0.25) is 4.79 Å². The number of carbonyl (C=O) groups is 1. The maximum Gasteiger partial charge on any atom is 0.307 e. The van der Waals surface area contributed by atoms with Crippen molar-refractivity contribution in [3.8, 4) is 5.75 Å². The predicted molar refractivity (Wildman–Crippen MR) is 74.7 cm³/mol. The molecule has 0 saturated heterocycles. The van der Waals surface area contributed by atoms with Gasteiger partial charge in [-0.1, -0.05) is 31.9 Å². The molecule has 0 heterocycles. The molecular weight excluding hydrogens is 240 g/mol. The Morgan fingerprint density at radius 2 is 2.00 bits per heavy atom. The number of hydrogen-bond donors (Lipinski definition) is 1. The van der Waals surface area contributed by atoms with Crippen molar-refractivity contribution in [1.29, 1.82) is 0 Å². The fraction of sp³-hybridized carbons (Fsp3) is 0.562. The standard InChI is InChI=1S/C16H22O3/c1-11-3-6-13(7-4-11)14-9-12(10-16(17)18)5-8-15(14)19-2/h5,8-9,11,13H,3-4,6-7,10H2,1-2H3,(H,17,18). The van der Waals surface area contributed by atoms with Crippen molar-refractivity contribution in [2.24, 2.45) is 5.92 Å². The number of rotatable bonds is 4. The molecule has 1 aromatic rings.